The van der Waals surface area contributed by atoms with Crippen molar-refractivity contribution in [3.05, 3.63) is 313 Å². The van der Waals surface area contributed by atoms with Crippen LogP contribution in [0.5, 0.6) is 0 Å². The van der Waals surface area contributed by atoms with Crippen molar-refractivity contribution in [2.24, 2.45) is 5.92 Å². The number of benzene rings is 11. The summed E-state index contributed by atoms with van der Waals surface area (Å²) >= 11 is 0. The molecule has 2 aliphatic rings. The Morgan fingerprint density at radius 2 is 0.973 bits per heavy atom. The average Bonchev–Trinajstić information content (AvgIpc) is 3.81. The topological polar surface area (TPSA) is 29.0 Å². The SMILES string of the molecule is CC1C=C(c2nc(N(c3ccc(-c4ccccc4)cc3-c3ccccc3)c3ccc(-c4ccccc4)c4ccccc34)nc3c2ccc2ccccc23)C=C2C1c1ccccc1C2(c1ccccc1)c1ccccc1. The molecule has 1 heterocycles. The zero-order chi connectivity index (χ0) is 49.9. The van der Waals surface area contributed by atoms with E-state index in [1.807, 2.05) is 0 Å². The molecule has 2 atom stereocenters. The lowest BCUT2D eigenvalue weighted by Gasteiger charge is -2.37. The van der Waals surface area contributed by atoms with Gasteiger partial charge in [-0.05, 0) is 102 Å². The van der Waals surface area contributed by atoms with Gasteiger partial charge >= 0.3 is 0 Å². The molecule has 2 unspecified atom stereocenters. The van der Waals surface area contributed by atoms with E-state index in [0.29, 0.717) is 5.95 Å². The number of rotatable bonds is 9. The molecule has 0 saturated heterocycles. The molecule has 0 bridgehead atoms. The number of anilines is 3. The summed E-state index contributed by atoms with van der Waals surface area (Å²) in [4.78, 5) is 14.1. The molecule has 2 aliphatic carbocycles. The van der Waals surface area contributed by atoms with Gasteiger partial charge in [0, 0.05) is 27.6 Å². The summed E-state index contributed by atoms with van der Waals surface area (Å²) in [5, 5.41) is 5.47. The molecule has 75 heavy (non-hydrogen) atoms. The molecular weight excluding hydrogens is 907 g/mol. The lowest BCUT2D eigenvalue weighted by atomic mass is 9.64. The maximum atomic E-state index is 5.98. The smallest absolute Gasteiger partial charge is 0.235 e. The molecule has 354 valence electrons. The van der Waals surface area contributed by atoms with E-state index >= 15 is 0 Å². The van der Waals surface area contributed by atoms with Crippen LogP contribution in [0.2, 0.25) is 0 Å². The fourth-order valence-corrected chi connectivity index (χ4v) is 12.6. The summed E-state index contributed by atoms with van der Waals surface area (Å²) < 4.78 is 0. The minimum atomic E-state index is -0.535. The number of hydrogen-bond donors (Lipinski definition) is 0. The molecule has 3 nitrogen and oxygen atoms in total. The van der Waals surface area contributed by atoms with Crippen molar-refractivity contribution in [3.8, 4) is 33.4 Å². The van der Waals surface area contributed by atoms with E-state index in [-0.39, 0.29) is 11.8 Å². The van der Waals surface area contributed by atoms with Crippen molar-refractivity contribution >= 4 is 55.3 Å². The number of nitrogens with zero attached hydrogens (tertiary/aromatic N) is 3. The van der Waals surface area contributed by atoms with E-state index in [1.54, 1.807) is 0 Å². The van der Waals surface area contributed by atoms with Crippen LogP contribution in [0.15, 0.2) is 285 Å². The van der Waals surface area contributed by atoms with Crippen molar-refractivity contribution in [3.63, 3.8) is 0 Å². The second kappa shape index (κ2) is 18.2. The van der Waals surface area contributed by atoms with Gasteiger partial charge < -0.3 is 0 Å². The molecule has 1 aromatic heterocycles. The van der Waals surface area contributed by atoms with Crippen LogP contribution in [0, 0.1) is 5.92 Å². The van der Waals surface area contributed by atoms with Crippen LogP contribution in [-0.2, 0) is 5.41 Å². The maximum absolute atomic E-state index is 5.98. The van der Waals surface area contributed by atoms with Crippen LogP contribution in [0.1, 0.15) is 40.8 Å². The Bertz CT molecular complexity index is 4150. The monoisotopic (exact) mass is 957 g/mol. The highest BCUT2D eigenvalue weighted by atomic mass is 15.3. The molecule has 11 aromatic carbocycles. The van der Waals surface area contributed by atoms with Gasteiger partial charge in [-0.15, -0.1) is 0 Å². The van der Waals surface area contributed by atoms with Crippen LogP contribution in [-0.4, -0.2) is 9.97 Å². The predicted octanol–water partition coefficient (Wildman–Crippen LogP) is 18.5. The van der Waals surface area contributed by atoms with Gasteiger partial charge in [-0.25, -0.2) is 9.97 Å². The molecule has 0 N–H and O–H groups in total. The summed E-state index contributed by atoms with van der Waals surface area (Å²) in [7, 11) is 0. The molecule has 0 radical (unpaired) electrons. The largest absolute Gasteiger partial charge is 0.278 e. The van der Waals surface area contributed by atoms with Crippen molar-refractivity contribution in [1.82, 2.24) is 9.97 Å². The number of hydrogen-bond acceptors (Lipinski definition) is 3. The van der Waals surface area contributed by atoms with Gasteiger partial charge in [0.1, 0.15) is 0 Å². The van der Waals surface area contributed by atoms with Crippen LogP contribution in [0.25, 0.3) is 71.4 Å². The third-order valence-electron chi connectivity index (χ3n) is 15.9. The Morgan fingerprint density at radius 3 is 1.67 bits per heavy atom. The molecule has 0 saturated carbocycles. The van der Waals surface area contributed by atoms with E-state index in [0.717, 1.165) is 77.3 Å². The Morgan fingerprint density at radius 1 is 0.413 bits per heavy atom. The molecule has 0 spiro atoms. The van der Waals surface area contributed by atoms with Gasteiger partial charge in [0.05, 0.1) is 28.0 Å². The fourth-order valence-electron chi connectivity index (χ4n) is 12.6. The van der Waals surface area contributed by atoms with Crippen molar-refractivity contribution in [2.45, 2.75) is 18.3 Å². The first kappa shape index (κ1) is 44.3. The third kappa shape index (κ3) is 7.26. The summed E-state index contributed by atoms with van der Waals surface area (Å²) in [5.41, 5.74) is 17.7. The van der Waals surface area contributed by atoms with E-state index < -0.39 is 5.41 Å². The molecular formula is C72H51N3. The maximum Gasteiger partial charge on any atom is 0.235 e. The zero-order valence-corrected chi connectivity index (χ0v) is 41.6. The normalized spacial score (nSPS) is 15.5. The Kier molecular flexibility index (Phi) is 10.8. The first-order valence-electron chi connectivity index (χ1n) is 26.1. The van der Waals surface area contributed by atoms with Gasteiger partial charge in [0.25, 0.3) is 0 Å². The van der Waals surface area contributed by atoms with Gasteiger partial charge in [-0.1, -0.05) is 262 Å². The zero-order valence-electron chi connectivity index (χ0n) is 41.6. The molecule has 0 aliphatic heterocycles. The summed E-state index contributed by atoms with van der Waals surface area (Å²) in [6, 6.07) is 97.0. The van der Waals surface area contributed by atoms with Gasteiger partial charge in [-0.3, -0.25) is 4.90 Å². The van der Waals surface area contributed by atoms with Gasteiger partial charge in [0.2, 0.25) is 5.95 Å². The first-order valence-corrected chi connectivity index (χ1v) is 26.1. The molecule has 3 heteroatoms. The number of aromatic nitrogens is 2. The second-order valence-corrected chi connectivity index (χ2v) is 20.0. The minimum absolute atomic E-state index is 0.144. The van der Waals surface area contributed by atoms with Crippen LogP contribution < -0.4 is 4.90 Å². The lowest BCUT2D eigenvalue weighted by molar-refractivity contribution is 0.586. The van der Waals surface area contributed by atoms with Crippen molar-refractivity contribution in [2.75, 3.05) is 4.90 Å². The molecule has 14 rings (SSSR count). The summed E-state index contributed by atoms with van der Waals surface area (Å²) in [6.45, 7) is 2.40. The highest BCUT2D eigenvalue weighted by molar-refractivity contribution is 6.11. The highest BCUT2D eigenvalue weighted by Gasteiger charge is 2.52. The van der Waals surface area contributed by atoms with Crippen molar-refractivity contribution < 1.29 is 0 Å². The van der Waals surface area contributed by atoms with E-state index in [2.05, 4.69) is 291 Å². The van der Waals surface area contributed by atoms with E-state index in [9.17, 15) is 0 Å². The Hall–Kier alpha value is -9.44. The summed E-state index contributed by atoms with van der Waals surface area (Å²) in [6.07, 6.45) is 4.99. The quantitative estimate of drug-likeness (QED) is 0.135. The first-order chi connectivity index (χ1) is 37.1. The predicted molar refractivity (Wildman–Crippen MR) is 313 cm³/mol. The van der Waals surface area contributed by atoms with Gasteiger partial charge in [-0.2, -0.15) is 0 Å². The Balaban J connectivity index is 1.08. The summed E-state index contributed by atoms with van der Waals surface area (Å²) in [5.74, 6) is 0.892. The molecule has 12 aromatic rings. The fraction of sp³-hybridized carbons (Fsp3) is 0.0556. The van der Waals surface area contributed by atoms with Gasteiger partial charge in [0.15, 0.2) is 0 Å². The average molecular weight is 958 g/mol. The number of fused-ring (bicyclic) bond motifs is 7. The van der Waals surface area contributed by atoms with Crippen molar-refractivity contribution in [1.29, 1.82) is 0 Å². The standard InChI is InChI=1S/C72H51N3/c1-48-45-54(47-65-68(48)61-37-21-22-38-64(61)72(65,55-30-13-5-14-31-55)56-32-15-6-16-33-56)69-62-41-39-52-29-17-18-34-58(52)70(62)74-71(73-69)75(66-44-42-57(50-25-9-3-10-26-50)59-35-19-20-36-60(59)66)67-43-40-53(49-23-7-2-8-24-49)46-63(67)51-27-11-4-12-28-51/h2-48,68H,1H3. The highest BCUT2D eigenvalue weighted by Crippen LogP contribution is 2.62. The molecule has 0 amide bonds. The van der Waals surface area contributed by atoms with E-state index in [4.69, 9.17) is 9.97 Å². The second-order valence-electron chi connectivity index (χ2n) is 20.0. The minimum Gasteiger partial charge on any atom is -0.278 e. The molecule has 0 fully saturated rings. The third-order valence-corrected chi connectivity index (χ3v) is 15.9. The lowest BCUT2D eigenvalue weighted by Crippen LogP contribution is -2.31. The Labute approximate surface area is 438 Å². The van der Waals surface area contributed by atoms with Crippen LogP contribution >= 0.6 is 0 Å². The van der Waals surface area contributed by atoms with Crippen LogP contribution in [0.3, 0.4) is 0 Å². The number of allylic oxidation sites excluding steroid dienone is 4. The van der Waals surface area contributed by atoms with Crippen LogP contribution in [0.4, 0.5) is 17.3 Å². The van der Waals surface area contributed by atoms with E-state index in [1.165, 1.54) is 39.0 Å².